The zero-order chi connectivity index (χ0) is 13.5. The lowest BCUT2D eigenvalue weighted by Crippen LogP contribution is -2.53. The van der Waals surface area contributed by atoms with Crippen LogP contribution in [0.15, 0.2) is 0 Å². The molecule has 0 N–H and O–H groups in total. The highest BCUT2D eigenvalue weighted by molar-refractivity contribution is 5.13. The molecule has 5 aliphatic carbocycles. The zero-order valence-corrected chi connectivity index (χ0v) is 13.5. The summed E-state index contributed by atoms with van der Waals surface area (Å²) in [4.78, 5) is 0. The molecule has 112 valence electrons. The highest BCUT2D eigenvalue weighted by atomic mass is 14.7. The third kappa shape index (κ3) is 1.40. The molecular weight excluding hydrogens is 240 g/mol. The summed E-state index contributed by atoms with van der Waals surface area (Å²) < 4.78 is 0. The van der Waals surface area contributed by atoms with Gasteiger partial charge in [0.1, 0.15) is 0 Å². The fourth-order valence-corrected chi connectivity index (χ4v) is 8.24. The highest BCUT2D eigenvalue weighted by Gasteiger charge is 2.64. The SMILES string of the molecule is C[C@@]12CCC[C@H]1[C@@H]1CCC3CC[C@@H]4C[C@@H]4[C@]3(C)[C@H]1CC2. The van der Waals surface area contributed by atoms with Gasteiger partial charge in [-0.05, 0) is 104 Å². The minimum Gasteiger partial charge on any atom is -0.0594 e. The minimum absolute atomic E-state index is 0.752. The van der Waals surface area contributed by atoms with E-state index in [1.165, 1.54) is 6.42 Å². The average Bonchev–Trinajstić information content (AvgIpc) is 3.13. The first-order valence-electron chi connectivity index (χ1n) is 9.63. The Morgan fingerprint density at radius 2 is 1.60 bits per heavy atom. The van der Waals surface area contributed by atoms with Gasteiger partial charge < -0.3 is 0 Å². The normalized spacial score (nSPS) is 63.9. The number of rotatable bonds is 0. The second-order valence-corrected chi connectivity index (χ2v) is 9.78. The lowest BCUT2D eigenvalue weighted by molar-refractivity contribution is -0.111. The average molecular weight is 272 g/mol. The summed E-state index contributed by atoms with van der Waals surface area (Å²) in [5, 5.41) is 0. The molecule has 0 aromatic heterocycles. The lowest BCUT2D eigenvalue weighted by atomic mass is 9.45. The largest absolute Gasteiger partial charge is 0.0594 e. The predicted octanol–water partition coefficient (Wildman–Crippen LogP) is 5.67. The van der Waals surface area contributed by atoms with Gasteiger partial charge in [-0.15, -0.1) is 0 Å². The van der Waals surface area contributed by atoms with E-state index in [4.69, 9.17) is 0 Å². The maximum absolute atomic E-state index is 2.76. The molecule has 0 heterocycles. The molecule has 0 nitrogen and oxygen atoms in total. The Balaban J connectivity index is 1.51. The molecule has 0 aromatic rings. The lowest BCUT2D eigenvalue weighted by Gasteiger charge is -2.60. The van der Waals surface area contributed by atoms with Gasteiger partial charge in [-0.2, -0.15) is 0 Å². The van der Waals surface area contributed by atoms with Crippen LogP contribution in [0.25, 0.3) is 0 Å². The summed E-state index contributed by atoms with van der Waals surface area (Å²) in [6, 6.07) is 0. The van der Waals surface area contributed by atoms with E-state index in [0.717, 1.165) is 46.3 Å². The van der Waals surface area contributed by atoms with Crippen LogP contribution in [0.5, 0.6) is 0 Å². The summed E-state index contributed by atoms with van der Waals surface area (Å²) in [6.07, 6.45) is 15.8. The van der Waals surface area contributed by atoms with Crippen molar-refractivity contribution in [2.24, 2.45) is 46.3 Å². The fourth-order valence-electron chi connectivity index (χ4n) is 8.24. The van der Waals surface area contributed by atoms with Gasteiger partial charge in [0.2, 0.25) is 0 Å². The molecule has 20 heavy (non-hydrogen) atoms. The van der Waals surface area contributed by atoms with Crippen molar-refractivity contribution in [3.8, 4) is 0 Å². The Bertz CT molecular complexity index is 426. The smallest absolute Gasteiger partial charge is 0.0235 e. The molecule has 8 atom stereocenters. The van der Waals surface area contributed by atoms with Gasteiger partial charge in [-0.1, -0.05) is 20.3 Å². The Labute approximate surface area is 125 Å². The van der Waals surface area contributed by atoms with Crippen LogP contribution in [0.3, 0.4) is 0 Å². The van der Waals surface area contributed by atoms with E-state index in [9.17, 15) is 0 Å². The van der Waals surface area contributed by atoms with Gasteiger partial charge in [0, 0.05) is 0 Å². The van der Waals surface area contributed by atoms with E-state index in [-0.39, 0.29) is 0 Å². The molecular formula is C20H32. The summed E-state index contributed by atoms with van der Waals surface area (Å²) in [5.74, 6) is 6.77. The summed E-state index contributed by atoms with van der Waals surface area (Å²) in [5.41, 5.74) is 1.53. The molecule has 0 heteroatoms. The topological polar surface area (TPSA) is 0 Å². The van der Waals surface area contributed by atoms with Crippen LogP contribution in [0.2, 0.25) is 0 Å². The van der Waals surface area contributed by atoms with Gasteiger partial charge in [0.25, 0.3) is 0 Å². The standard InChI is InChI=1S/C20H32/c1-19-10-3-4-16(19)15-8-7-14-6-5-13-12-18(13)20(14,2)17(15)9-11-19/h13-18H,3-12H2,1-2H3/t13-,14?,15+,16+,17+,18+,19+,20+/m1/s1. The zero-order valence-electron chi connectivity index (χ0n) is 13.5. The summed E-state index contributed by atoms with van der Waals surface area (Å²) in [7, 11) is 0. The maximum atomic E-state index is 2.76. The third-order valence-corrected chi connectivity index (χ3v) is 9.35. The van der Waals surface area contributed by atoms with Crippen molar-refractivity contribution in [3.05, 3.63) is 0 Å². The second kappa shape index (κ2) is 3.85. The minimum atomic E-state index is 0.752. The quantitative estimate of drug-likeness (QED) is 0.533. The van der Waals surface area contributed by atoms with Crippen LogP contribution in [0, 0.1) is 46.3 Å². The first-order valence-corrected chi connectivity index (χ1v) is 9.63. The van der Waals surface area contributed by atoms with E-state index < -0.39 is 0 Å². The molecule has 5 rings (SSSR count). The molecule has 5 saturated carbocycles. The molecule has 0 saturated heterocycles. The molecule has 0 aromatic carbocycles. The van der Waals surface area contributed by atoms with Crippen molar-refractivity contribution < 1.29 is 0 Å². The first kappa shape index (κ1) is 12.5. The molecule has 0 amide bonds. The van der Waals surface area contributed by atoms with Crippen molar-refractivity contribution in [1.82, 2.24) is 0 Å². The van der Waals surface area contributed by atoms with E-state index in [2.05, 4.69) is 13.8 Å². The molecule has 0 bridgehead atoms. The number of fused-ring (bicyclic) bond motifs is 7. The van der Waals surface area contributed by atoms with Gasteiger partial charge in [0.05, 0.1) is 0 Å². The van der Waals surface area contributed by atoms with E-state index in [1.807, 2.05) is 0 Å². The van der Waals surface area contributed by atoms with Crippen LogP contribution in [0.1, 0.15) is 78.1 Å². The Kier molecular flexibility index (Phi) is 2.41. The Morgan fingerprint density at radius 3 is 2.50 bits per heavy atom. The first-order chi connectivity index (χ1) is 9.63. The van der Waals surface area contributed by atoms with Gasteiger partial charge in [-0.3, -0.25) is 0 Å². The van der Waals surface area contributed by atoms with Crippen molar-refractivity contribution in [2.75, 3.05) is 0 Å². The van der Waals surface area contributed by atoms with Crippen molar-refractivity contribution in [1.29, 1.82) is 0 Å². The van der Waals surface area contributed by atoms with E-state index in [0.29, 0.717) is 0 Å². The van der Waals surface area contributed by atoms with Crippen molar-refractivity contribution in [2.45, 2.75) is 78.1 Å². The molecule has 0 aliphatic heterocycles. The fraction of sp³-hybridized carbons (Fsp3) is 1.00. The molecule has 0 spiro atoms. The Hall–Kier alpha value is 0. The summed E-state index contributed by atoms with van der Waals surface area (Å²) >= 11 is 0. The molecule has 0 radical (unpaired) electrons. The number of hydrogen-bond acceptors (Lipinski definition) is 0. The van der Waals surface area contributed by atoms with Crippen LogP contribution < -0.4 is 0 Å². The van der Waals surface area contributed by atoms with Gasteiger partial charge in [0.15, 0.2) is 0 Å². The van der Waals surface area contributed by atoms with Crippen molar-refractivity contribution in [3.63, 3.8) is 0 Å². The van der Waals surface area contributed by atoms with Crippen LogP contribution in [-0.4, -0.2) is 0 Å². The van der Waals surface area contributed by atoms with Gasteiger partial charge in [-0.25, -0.2) is 0 Å². The second-order valence-electron chi connectivity index (χ2n) is 9.78. The molecule has 5 aliphatic rings. The van der Waals surface area contributed by atoms with Crippen LogP contribution >= 0.6 is 0 Å². The molecule has 5 fully saturated rings. The number of hydrogen-bond donors (Lipinski definition) is 0. The van der Waals surface area contributed by atoms with E-state index >= 15 is 0 Å². The predicted molar refractivity (Wildman–Crippen MR) is 83.3 cm³/mol. The van der Waals surface area contributed by atoms with Crippen LogP contribution in [0.4, 0.5) is 0 Å². The van der Waals surface area contributed by atoms with Crippen molar-refractivity contribution >= 4 is 0 Å². The molecule has 1 unspecified atom stereocenters. The highest BCUT2D eigenvalue weighted by Crippen LogP contribution is 2.72. The van der Waals surface area contributed by atoms with Gasteiger partial charge >= 0.3 is 0 Å². The summed E-state index contributed by atoms with van der Waals surface area (Å²) in [6.45, 7) is 5.41. The Morgan fingerprint density at radius 1 is 0.750 bits per heavy atom. The third-order valence-electron chi connectivity index (χ3n) is 9.35. The van der Waals surface area contributed by atoms with E-state index in [1.54, 1.807) is 57.8 Å². The maximum Gasteiger partial charge on any atom is -0.0235 e. The monoisotopic (exact) mass is 272 g/mol. The van der Waals surface area contributed by atoms with Crippen LogP contribution in [-0.2, 0) is 0 Å².